The quantitative estimate of drug-likeness (QED) is 0.798. The van der Waals surface area contributed by atoms with Crippen LogP contribution in [0.5, 0.6) is 5.75 Å². The number of nitrogens with two attached hydrogens (primary N) is 1. The lowest BCUT2D eigenvalue weighted by Crippen LogP contribution is -2.46. The second-order valence-electron chi connectivity index (χ2n) is 6.13. The van der Waals surface area contributed by atoms with Crippen LogP contribution in [-0.2, 0) is 0 Å². The molecule has 138 valence electrons. The summed E-state index contributed by atoms with van der Waals surface area (Å²) in [6.45, 7) is 1.13. The molecule has 0 saturated carbocycles. The summed E-state index contributed by atoms with van der Waals surface area (Å²) in [7, 11) is 1.47. The van der Waals surface area contributed by atoms with Crippen molar-refractivity contribution in [3.05, 3.63) is 46.9 Å². The molecule has 0 unspecified atom stereocenters. The number of piperidine rings is 1. The number of carbonyl (C=O) groups excluding carboxylic acids is 2. The Hall–Kier alpha value is -2.67. The third kappa shape index (κ3) is 3.77. The number of amides is 2. The summed E-state index contributed by atoms with van der Waals surface area (Å²) >= 11 is 6.02. The number of nitrogens with zero attached hydrogens (tertiary/aromatic N) is 1. The number of ether oxygens (including phenoxy) is 1. The van der Waals surface area contributed by atoms with Crippen LogP contribution >= 0.6 is 11.6 Å². The standard InChI is InChI=1S/C18H20ClN3O4/c1-25-16-9-15(20)14(19)8-13(16)17(23)21-12-2-5-22(6-3-12)18(24)11-4-7-26-10-11/h4,7-10,12H,2-3,5-6,20H2,1H3,(H,21,23). The number of rotatable bonds is 4. The number of hydrogen-bond acceptors (Lipinski definition) is 5. The first-order chi connectivity index (χ1) is 12.5. The minimum Gasteiger partial charge on any atom is -0.496 e. The molecule has 2 heterocycles. The maximum Gasteiger partial charge on any atom is 0.257 e. The first-order valence-electron chi connectivity index (χ1n) is 8.25. The molecule has 1 aliphatic heterocycles. The molecule has 7 nitrogen and oxygen atoms in total. The van der Waals surface area contributed by atoms with Crippen LogP contribution in [0.1, 0.15) is 33.6 Å². The molecule has 1 fully saturated rings. The minimum atomic E-state index is -0.275. The highest BCUT2D eigenvalue weighted by Gasteiger charge is 2.26. The number of carbonyl (C=O) groups is 2. The average Bonchev–Trinajstić information content (AvgIpc) is 3.18. The zero-order valence-electron chi connectivity index (χ0n) is 14.3. The van der Waals surface area contributed by atoms with E-state index in [1.165, 1.54) is 31.8 Å². The van der Waals surface area contributed by atoms with Gasteiger partial charge in [-0.05, 0) is 25.0 Å². The van der Waals surface area contributed by atoms with Crippen LogP contribution in [0.4, 0.5) is 5.69 Å². The summed E-state index contributed by atoms with van der Waals surface area (Å²) in [6, 6.07) is 4.65. The number of methoxy groups -OCH3 is 1. The lowest BCUT2D eigenvalue weighted by molar-refractivity contribution is 0.0697. The number of halogens is 1. The Kier molecular flexibility index (Phi) is 5.37. The average molecular weight is 378 g/mol. The van der Waals surface area contributed by atoms with Crippen LogP contribution in [0.25, 0.3) is 0 Å². The number of nitrogens with one attached hydrogen (secondary N) is 1. The van der Waals surface area contributed by atoms with E-state index < -0.39 is 0 Å². The van der Waals surface area contributed by atoms with E-state index in [-0.39, 0.29) is 17.9 Å². The Bertz CT molecular complexity index is 799. The van der Waals surface area contributed by atoms with E-state index in [2.05, 4.69) is 5.32 Å². The van der Waals surface area contributed by atoms with E-state index in [1.807, 2.05) is 0 Å². The number of hydrogen-bond donors (Lipinski definition) is 2. The van der Waals surface area contributed by atoms with Gasteiger partial charge in [-0.1, -0.05) is 11.6 Å². The second-order valence-corrected chi connectivity index (χ2v) is 6.53. The maximum atomic E-state index is 12.6. The molecule has 1 aliphatic rings. The fourth-order valence-electron chi connectivity index (χ4n) is 2.97. The summed E-state index contributed by atoms with van der Waals surface area (Å²) in [4.78, 5) is 26.6. The van der Waals surface area contributed by atoms with Gasteiger partial charge in [0.25, 0.3) is 11.8 Å². The van der Waals surface area contributed by atoms with E-state index in [9.17, 15) is 9.59 Å². The third-order valence-corrected chi connectivity index (χ3v) is 4.78. The highest BCUT2D eigenvalue weighted by Crippen LogP contribution is 2.29. The van der Waals surface area contributed by atoms with Gasteiger partial charge < -0.3 is 25.1 Å². The van der Waals surface area contributed by atoms with Gasteiger partial charge in [-0.3, -0.25) is 9.59 Å². The van der Waals surface area contributed by atoms with Crippen molar-refractivity contribution in [2.45, 2.75) is 18.9 Å². The fraction of sp³-hybridized carbons (Fsp3) is 0.333. The van der Waals surface area contributed by atoms with Crippen molar-refractivity contribution in [1.29, 1.82) is 0 Å². The van der Waals surface area contributed by atoms with Gasteiger partial charge in [0.2, 0.25) is 0 Å². The second kappa shape index (κ2) is 7.70. The minimum absolute atomic E-state index is 0.0306. The molecule has 0 spiro atoms. The van der Waals surface area contributed by atoms with Crippen LogP contribution < -0.4 is 15.8 Å². The van der Waals surface area contributed by atoms with Crippen molar-refractivity contribution in [2.24, 2.45) is 0 Å². The van der Waals surface area contributed by atoms with Gasteiger partial charge in [0.15, 0.2) is 0 Å². The summed E-state index contributed by atoms with van der Waals surface area (Å²) in [5.74, 6) is 0.0378. The summed E-state index contributed by atoms with van der Waals surface area (Å²) in [5, 5.41) is 3.28. The van der Waals surface area contributed by atoms with Gasteiger partial charge in [0, 0.05) is 25.2 Å². The van der Waals surface area contributed by atoms with Crippen LogP contribution in [-0.4, -0.2) is 43.0 Å². The smallest absolute Gasteiger partial charge is 0.257 e. The molecule has 1 saturated heterocycles. The molecule has 2 amide bonds. The van der Waals surface area contributed by atoms with E-state index in [1.54, 1.807) is 11.0 Å². The predicted octanol–water partition coefficient (Wildman–Crippen LogP) is 2.56. The zero-order valence-corrected chi connectivity index (χ0v) is 15.1. The Morgan fingerprint density at radius 1 is 1.35 bits per heavy atom. The first kappa shape index (κ1) is 18.1. The van der Waals surface area contributed by atoms with Gasteiger partial charge in [-0.15, -0.1) is 0 Å². The van der Waals surface area contributed by atoms with E-state index >= 15 is 0 Å². The van der Waals surface area contributed by atoms with Gasteiger partial charge >= 0.3 is 0 Å². The molecular formula is C18H20ClN3O4. The Morgan fingerprint density at radius 2 is 2.08 bits per heavy atom. The highest BCUT2D eigenvalue weighted by molar-refractivity contribution is 6.33. The van der Waals surface area contributed by atoms with E-state index in [0.29, 0.717) is 53.5 Å². The van der Waals surface area contributed by atoms with Crippen molar-refractivity contribution in [3.63, 3.8) is 0 Å². The molecule has 0 aliphatic carbocycles. The van der Waals surface area contributed by atoms with Crippen molar-refractivity contribution in [3.8, 4) is 5.75 Å². The SMILES string of the molecule is COc1cc(N)c(Cl)cc1C(=O)NC1CCN(C(=O)c2ccoc2)CC1. The summed E-state index contributed by atoms with van der Waals surface area (Å²) < 4.78 is 10.2. The lowest BCUT2D eigenvalue weighted by atomic mass is 10.0. The molecule has 26 heavy (non-hydrogen) atoms. The molecule has 1 aromatic carbocycles. The number of anilines is 1. The van der Waals surface area contributed by atoms with E-state index in [4.69, 9.17) is 26.5 Å². The van der Waals surface area contributed by atoms with Crippen molar-refractivity contribution >= 4 is 29.1 Å². The molecule has 0 atom stereocenters. The molecule has 2 aromatic rings. The maximum absolute atomic E-state index is 12.6. The highest BCUT2D eigenvalue weighted by atomic mass is 35.5. The van der Waals surface area contributed by atoms with Crippen LogP contribution in [0.3, 0.4) is 0 Å². The molecule has 8 heteroatoms. The largest absolute Gasteiger partial charge is 0.496 e. The monoisotopic (exact) mass is 377 g/mol. The number of likely N-dealkylation sites (tertiary alicyclic amines) is 1. The van der Waals surface area contributed by atoms with Crippen molar-refractivity contribution in [2.75, 3.05) is 25.9 Å². The van der Waals surface area contributed by atoms with Crippen molar-refractivity contribution < 1.29 is 18.7 Å². The number of nitrogen functional groups attached to an aromatic ring is 1. The molecule has 0 radical (unpaired) electrons. The Balaban J connectivity index is 1.60. The van der Waals surface area contributed by atoms with E-state index in [0.717, 1.165) is 0 Å². The summed E-state index contributed by atoms with van der Waals surface area (Å²) in [5.41, 5.74) is 6.97. The number of benzene rings is 1. The topological polar surface area (TPSA) is 97.8 Å². The van der Waals surface area contributed by atoms with Gasteiger partial charge in [-0.25, -0.2) is 0 Å². The van der Waals surface area contributed by atoms with Crippen molar-refractivity contribution in [1.82, 2.24) is 10.2 Å². The molecular weight excluding hydrogens is 358 g/mol. The molecule has 0 bridgehead atoms. The lowest BCUT2D eigenvalue weighted by Gasteiger charge is -2.32. The Labute approximate surface area is 156 Å². The summed E-state index contributed by atoms with van der Waals surface area (Å²) in [6.07, 6.45) is 4.25. The number of furan rings is 1. The predicted molar refractivity (Wildman–Crippen MR) is 97.5 cm³/mol. The van der Waals surface area contributed by atoms with Gasteiger partial charge in [0.1, 0.15) is 12.0 Å². The Morgan fingerprint density at radius 3 is 2.69 bits per heavy atom. The van der Waals surface area contributed by atoms with Crippen LogP contribution in [0.2, 0.25) is 5.02 Å². The zero-order chi connectivity index (χ0) is 18.7. The normalized spacial score (nSPS) is 14.9. The third-order valence-electron chi connectivity index (χ3n) is 4.45. The van der Waals surface area contributed by atoms with Gasteiger partial charge in [-0.2, -0.15) is 0 Å². The molecule has 3 N–H and O–H groups in total. The van der Waals surface area contributed by atoms with Gasteiger partial charge in [0.05, 0.1) is 35.2 Å². The molecule has 1 aromatic heterocycles. The fourth-order valence-corrected chi connectivity index (χ4v) is 3.14. The molecule has 3 rings (SSSR count). The van der Waals surface area contributed by atoms with Crippen LogP contribution in [0, 0.1) is 0 Å². The first-order valence-corrected chi connectivity index (χ1v) is 8.62. The van der Waals surface area contributed by atoms with Crippen LogP contribution in [0.15, 0.2) is 35.1 Å².